The van der Waals surface area contributed by atoms with Gasteiger partial charge in [0.15, 0.2) is 0 Å². The van der Waals surface area contributed by atoms with Crippen LogP contribution in [-0.4, -0.2) is 19.6 Å². The molecule has 76 valence electrons. The first-order valence-electron chi connectivity index (χ1n) is 5.25. The second-order valence-corrected chi connectivity index (χ2v) is 4.12. The molecule has 1 aliphatic rings. The molecule has 2 N–H and O–H groups in total. The smallest absolute Gasteiger partial charge is 0.0428 e. The van der Waals surface area contributed by atoms with E-state index in [2.05, 4.69) is 37.1 Å². The lowest BCUT2D eigenvalue weighted by Crippen LogP contribution is -2.41. The van der Waals surface area contributed by atoms with Crippen molar-refractivity contribution in [2.24, 2.45) is 5.73 Å². The molecule has 2 heteroatoms. The van der Waals surface area contributed by atoms with Crippen molar-refractivity contribution < 1.29 is 0 Å². The Balaban J connectivity index is 2.43. The fourth-order valence-electron chi connectivity index (χ4n) is 2.40. The Labute approximate surface area is 85.7 Å². The maximum atomic E-state index is 5.76. The van der Waals surface area contributed by atoms with E-state index < -0.39 is 0 Å². The minimum Gasteiger partial charge on any atom is -0.370 e. The number of benzene rings is 1. The molecule has 1 aromatic rings. The maximum Gasteiger partial charge on any atom is 0.0428 e. The highest BCUT2D eigenvalue weighted by molar-refractivity contribution is 5.61. The van der Waals surface area contributed by atoms with Gasteiger partial charge in [0.25, 0.3) is 0 Å². The summed E-state index contributed by atoms with van der Waals surface area (Å²) in [5, 5.41) is 0. The predicted molar refractivity (Wildman–Crippen MR) is 60.7 cm³/mol. The summed E-state index contributed by atoms with van der Waals surface area (Å²) >= 11 is 0. The van der Waals surface area contributed by atoms with Crippen molar-refractivity contribution in [3.63, 3.8) is 0 Å². The zero-order valence-corrected chi connectivity index (χ0v) is 8.96. The van der Waals surface area contributed by atoms with Crippen molar-refractivity contribution >= 4 is 5.69 Å². The normalized spacial score (nSPS) is 20.8. The van der Waals surface area contributed by atoms with Gasteiger partial charge in [-0.25, -0.2) is 0 Å². The third kappa shape index (κ3) is 1.40. The van der Waals surface area contributed by atoms with E-state index >= 15 is 0 Å². The van der Waals surface area contributed by atoms with Crippen molar-refractivity contribution in [1.29, 1.82) is 0 Å². The number of para-hydroxylation sites is 1. The minimum absolute atomic E-state index is 0.517. The van der Waals surface area contributed by atoms with Crippen LogP contribution in [0.2, 0.25) is 0 Å². The Hall–Kier alpha value is -1.02. The number of rotatable bonds is 1. The number of hydrogen-bond donors (Lipinski definition) is 1. The highest BCUT2D eigenvalue weighted by atomic mass is 15.2. The summed E-state index contributed by atoms with van der Waals surface area (Å²) in [5.41, 5.74) is 9.99. The summed E-state index contributed by atoms with van der Waals surface area (Å²) in [5.74, 6) is 0. The van der Waals surface area contributed by atoms with Crippen LogP contribution in [-0.2, 0) is 6.42 Å². The monoisotopic (exact) mass is 190 g/mol. The standard InChI is InChI=1S/C12H18N2/c1-9-4-3-5-10-6-7-11(8-13)14(2)12(9)10/h3-5,11H,6-8,13H2,1-2H3. The summed E-state index contributed by atoms with van der Waals surface area (Å²) in [6.07, 6.45) is 2.35. The highest BCUT2D eigenvalue weighted by Crippen LogP contribution is 2.31. The molecular formula is C12H18N2. The highest BCUT2D eigenvalue weighted by Gasteiger charge is 2.22. The van der Waals surface area contributed by atoms with E-state index in [9.17, 15) is 0 Å². The fraction of sp³-hybridized carbons (Fsp3) is 0.500. The van der Waals surface area contributed by atoms with Gasteiger partial charge in [-0.05, 0) is 30.9 Å². The van der Waals surface area contributed by atoms with Gasteiger partial charge in [0.05, 0.1) is 0 Å². The van der Waals surface area contributed by atoms with Crippen LogP contribution in [0.3, 0.4) is 0 Å². The molecule has 0 spiro atoms. The van der Waals surface area contributed by atoms with Crippen molar-refractivity contribution in [1.82, 2.24) is 0 Å². The topological polar surface area (TPSA) is 29.3 Å². The Bertz CT molecular complexity index is 333. The SMILES string of the molecule is Cc1cccc2c1N(C)C(CN)CC2. The van der Waals surface area contributed by atoms with E-state index in [1.165, 1.54) is 29.7 Å². The van der Waals surface area contributed by atoms with E-state index in [-0.39, 0.29) is 0 Å². The molecule has 0 fully saturated rings. The van der Waals surface area contributed by atoms with Crippen molar-refractivity contribution in [2.75, 3.05) is 18.5 Å². The van der Waals surface area contributed by atoms with E-state index in [4.69, 9.17) is 5.73 Å². The lowest BCUT2D eigenvalue weighted by Gasteiger charge is -2.36. The van der Waals surface area contributed by atoms with Gasteiger partial charge in [0.1, 0.15) is 0 Å². The van der Waals surface area contributed by atoms with Gasteiger partial charge in [-0.2, -0.15) is 0 Å². The fourth-order valence-corrected chi connectivity index (χ4v) is 2.40. The molecule has 1 atom stereocenters. The Morgan fingerprint density at radius 1 is 1.50 bits per heavy atom. The summed E-state index contributed by atoms with van der Waals surface area (Å²) in [7, 11) is 2.16. The van der Waals surface area contributed by atoms with E-state index in [0.29, 0.717) is 6.04 Å². The average Bonchev–Trinajstić information content (AvgIpc) is 2.18. The van der Waals surface area contributed by atoms with E-state index in [1.807, 2.05) is 0 Å². The van der Waals surface area contributed by atoms with Crippen LogP contribution in [0, 0.1) is 6.92 Å². The number of aryl methyl sites for hydroxylation is 2. The van der Waals surface area contributed by atoms with Crippen molar-refractivity contribution in [3.05, 3.63) is 29.3 Å². The molecule has 2 nitrogen and oxygen atoms in total. The van der Waals surface area contributed by atoms with Gasteiger partial charge in [0.2, 0.25) is 0 Å². The Morgan fingerprint density at radius 3 is 3.00 bits per heavy atom. The predicted octanol–water partition coefficient (Wildman–Crippen LogP) is 1.70. The molecule has 14 heavy (non-hydrogen) atoms. The van der Waals surface area contributed by atoms with Crippen LogP contribution in [0.15, 0.2) is 18.2 Å². The number of likely N-dealkylation sites (N-methyl/N-ethyl adjacent to an activating group) is 1. The van der Waals surface area contributed by atoms with Crippen LogP contribution in [0.5, 0.6) is 0 Å². The molecule has 0 aliphatic carbocycles. The molecular weight excluding hydrogens is 172 g/mol. The molecule has 1 aromatic carbocycles. The van der Waals surface area contributed by atoms with Crippen LogP contribution in [0.1, 0.15) is 17.5 Å². The molecule has 1 unspecified atom stereocenters. The minimum atomic E-state index is 0.517. The third-order valence-corrected chi connectivity index (χ3v) is 3.24. The largest absolute Gasteiger partial charge is 0.370 e. The molecule has 0 aromatic heterocycles. The average molecular weight is 190 g/mol. The van der Waals surface area contributed by atoms with Crippen LogP contribution >= 0.6 is 0 Å². The first-order chi connectivity index (χ1) is 6.74. The number of nitrogens with two attached hydrogens (primary N) is 1. The van der Waals surface area contributed by atoms with Crippen LogP contribution in [0.4, 0.5) is 5.69 Å². The molecule has 1 aliphatic heterocycles. The van der Waals surface area contributed by atoms with E-state index in [0.717, 1.165) is 6.54 Å². The number of hydrogen-bond acceptors (Lipinski definition) is 2. The van der Waals surface area contributed by atoms with E-state index in [1.54, 1.807) is 0 Å². The van der Waals surface area contributed by atoms with Gasteiger partial charge < -0.3 is 10.6 Å². The molecule has 2 rings (SSSR count). The van der Waals surface area contributed by atoms with Crippen molar-refractivity contribution in [3.8, 4) is 0 Å². The quantitative estimate of drug-likeness (QED) is 0.730. The lowest BCUT2D eigenvalue weighted by atomic mass is 9.94. The first kappa shape index (κ1) is 9.53. The summed E-state index contributed by atoms with van der Waals surface area (Å²) in [6, 6.07) is 7.06. The summed E-state index contributed by atoms with van der Waals surface area (Å²) < 4.78 is 0. The van der Waals surface area contributed by atoms with Crippen LogP contribution in [0.25, 0.3) is 0 Å². The van der Waals surface area contributed by atoms with Gasteiger partial charge in [-0.3, -0.25) is 0 Å². The van der Waals surface area contributed by atoms with Crippen molar-refractivity contribution in [2.45, 2.75) is 25.8 Å². The van der Waals surface area contributed by atoms with Gasteiger partial charge in [-0.15, -0.1) is 0 Å². The number of anilines is 1. The summed E-state index contributed by atoms with van der Waals surface area (Å²) in [6.45, 7) is 2.93. The molecule has 0 bridgehead atoms. The maximum absolute atomic E-state index is 5.76. The molecule has 1 heterocycles. The van der Waals surface area contributed by atoms with Gasteiger partial charge >= 0.3 is 0 Å². The molecule has 0 amide bonds. The zero-order valence-electron chi connectivity index (χ0n) is 8.96. The molecule has 0 saturated carbocycles. The second kappa shape index (κ2) is 3.62. The molecule has 0 saturated heterocycles. The van der Waals surface area contributed by atoms with Crippen LogP contribution < -0.4 is 10.6 Å². The number of nitrogens with zero attached hydrogens (tertiary/aromatic N) is 1. The number of fused-ring (bicyclic) bond motifs is 1. The Morgan fingerprint density at radius 2 is 2.29 bits per heavy atom. The zero-order chi connectivity index (χ0) is 10.1. The lowest BCUT2D eigenvalue weighted by molar-refractivity contribution is 0.563. The van der Waals surface area contributed by atoms with Gasteiger partial charge in [-0.1, -0.05) is 18.2 Å². The first-order valence-corrected chi connectivity index (χ1v) is 5.25. The second-order valence-electron chi connectivity index (χ2n) is 4.12. The summed E-state index contributed by atoms with van der Waals surface area (Å²) in [4.78, 5) is 2.34. The molecule has 0 radical (unpaired) electrons. The third-order valence-electron chi connectivity index (χ3n) is 3.24. The van der Waals surface area contributed by atoms with Gasteiger partial charge in [0, 0.05) is 25.3 Å². The Kier molecular flexibility index (Phi) is 2.46.